The first-order valence-corrected chi connectivity index (χ1v) is 11.2. The predicted octanol–water partition coefficient (Wildman–Crippen LogP) is 6.17. The zero-order valence-corrected chi connectivity index (χ0v) is 19.3. The fourth-order valence-electron chi connectivity index (χ4n) is 4.19. The Hall–Kier alpha value is -3.34. The molecule has 0 bridgehead atoms. The van der Waals surface area contributed by atoms with Crippen molar-refractivity contribution >= 4 is 45.7 Å². The molecule has 1 aliphatic rings. The molecule has 1 atom stereocenters. The van der Waals surface area contributed by atoms with Gasteiger partial charge in [-0.3, -0.25) is 4.79 Å². The highest BCUT2D eigenvalue weighted by Crippen LogP contribution is 2.37. The van der Waals surface area contributed by atoms with Gasteiger partial charge in [-0.1, -0.05) is 77.8 Å². The van der Waals surface area contributed by atoms with Crippen LogP contribution in [0.4, 0.5) is 0 Å². The minimum absolute atomic E-state index is 0.190. The lowest BCUT2D eigenvalue weighted by atomic mass is 9.84. The van der Waals surface area contributed by atoms with Crippen molar-refractivity contribution in [3.8, 4) is 5.75 Å². The molecule has 0 radical (unpaired) electrons. The fraction of sp³-hybridized carbons (Fsp3) is 0.111. The number of fused-ring (bicyclic) bond motifs is 1. The summed E-state index contributed by atoms with van der Waals surface area (Å²) < 4.78 is 5.32. The molecule has 4 aromatic carbocycles. The van der Waals surface area contributed by atoms with E-state index in [2.05, 4.69) is 5.32 Å². The van der Waals surface area contributed by atoms with Crippen LogP contribution in [0.3, 0.4) is 0 Å². The van der Waals surface area contributed by atoms with Gasteiger partial charge in [-0.2, -0.15) is 0 Å². The molecule has 1 heterocycles. The third-order valence-corrected chi connectivity index (χ3v) is 6.53. The Morgan fingerprint density at radius 3 is 2.42 bits per heavy atom. The summed E-state index contributed by atoms with van der Waals surface area (Å²) >= 11 is 12.6. The second-order valence-corrected chi connectivity index (χ2v) is 8.82. The summed E-state index contributed by atoms with van der Waals surface area (Å²) in [6.07, 6.45) is 0.313. The number of methoxy groups -OCH3 is 1. The van der Waals surface area contributed by atoms with Crippen LogP contribution in [-0.4, -0.2) is 18.9 Å². The highest BCUT2D eigenvalue weighted by molar-refractivity contribution is 6.35. The van der Waals surface area contributed by atoms with Crippen molar-refractivity contribution in [2.75, 3.05) is 7.11 Å². The van der Waals surface area contributed by atoms with Crippen molar-refractivity contribution in [2.24, 2.45) is 4.99 Å². The smallest absolute Gasteiger partial charge is 0.258 e. The third kappa shape index (κ3) is 3.97. The molecule has 0 fully saturated rings. The second kappa shape index (κ2) is 8.54. The van der Waals surface area contributed by atoms with Crippen LogP contribution in [0.5, 0.6) is 5.75 Å². The molecule has 0 spiro atoms. The second-order valence-electron chi connectivity index (χ2n) is 7.98. The van der Waals surface area contributed by atoms with Gasteiger partial charge in [-0.15, -0.1) is 0 Å². The standard InChI is InChI=1S/C27H20Cl2N2O2/c1-33-23-12-10-17-13-19(8-7-18(17)14-23)25-30-26(32)27(31-25,21-5-3-2-4-6-21)16-20-9-11-22(28)15-24(20)29/h2-15H,16H2,1H3,(H,30,31,32). The van der Waals surface area contributed by atoms with Gasteiger partial charge in [0.05, 0.1) is 7.11 Å². The highest BCUT2D eigenvalue weighted by Gasteiger charge is 2.45. The molecule has 0 aromatic heterocycles. The van der Waals surface area contributed by atoms with E-state index in [0.717, 1.165) is 33.2 Å². The quantitative estimate of drug-likeness (QED) is 0.375. The van der Waals surface area contributed by atoms with Crippen LogP contribution < -0.4 is 10.1 Å². The van der Waals surface area contributed by atoms with Crippen LogP contribution in [0.2, 0.25) is 10.0 Å². The molecule has 0 aliphatic carbocycles. The normalized spacial score (nSPS) is 17.7. The molecule has 1 amide bonds. The van der Waals surface area contributed by atoms with E-state index < -0.39 is 5.54 Å². The van der Waals surface area contributed by atoms with Crippen LogP contribution in [-0.2, 0) is 16.8 Å². The average Bonchev–Trinajstić information content (AvgIpc) is 3.17. The topological polar surface area (TPSA) is 50.7 Å². The van der Waals surface area contributed by atoms with E-state index in [0.29, 0.717) is 22.3 Å². The summed E-state index contributed by atoms with van der Waals surface area (Å²) in [7, 11) is 1.65. The number of aliphatic imine (C=N–C) groups is 1. The highest BCUT2D eigenvalue weighted by atomic mass is 35.5. The van der Waals surface area contributed by atoms with E-state index in [1.165, 1.54) is 0 Å². The van der Waals surface area contributed by atoms with Crippen molar-refractivity contribution in [3.05, 3.63) is 112 Å². The van der Waals surface area contributed by atoms with E-state index in [1.807, 2.05) is 72.8 Å². The van der Waals surface area contributed by atoms with Gasteiger partial charge in [0.25, 0.3) is 5.91 Å². The average molecular weight is 475 g/mol. The summed E-state index contributed by atoms with van der Waals surface area (Å²) in [6.45, 7) is 0. The number of carbonyl (C=O) groups excluding carboxylic acids is 1. The van der Waals surface area contributed by atoms with Crippen LogP contribution in [0.25, 0.3) is 10.8 Å². The number of nitrogens with one attached hydrogen (secondary N) is 1. The molecule has 33 heavy (non-hydrogen) atoms. The van der Waals surface area contributed by atoms with Crippen molar-refractivity contribution in [2.45, 2.75) is 12.0 Å². The first kappa shape index (κ1) is 21.5. The van der Waals surface area contributed by atoms with Gasteiger partial charge in [-0.05, 0) is 52.2 Å². The predicted molar refractivity (Wildman–Crippen MR) is 133 cm³/mol. The lowest BCUT2D eigenvalue weighted by molar-refractivity contribution is -0.124. The molecule has 0 saturated heterocycles. The maximum absolute atomic E-state index is 13.5. The van der Waals surface area contributed by atoms with E-state index in [4.69, 9.17) is 32.9 Å². The number of hydrogen-bond donors (Lipinski definition) is 1. The SMILES string of the molecule is COc1ccc2cc(C3=NC(Cc4ccc(Cl)cc4Cl)(c4ccccc4)C(=O)N3)ccc2c1. The Bertz CT molecular complexity index is 1400. The molecule has 164 valence electrons. The zero-order valence-electron chi connectivity index (χ0n) is 17.8. The fourth-order valence-corrected chi connectivity index (χ4v) is 4.66. The molecule has 4 nitrogen and oxygen atoms in total. The van der Waals surface area contributed by atoms with E-state index in [-0.39, 0.29) is 5.91 Å². The van der Waals surface area contributed by atoms with Gasteiger partial charge < -0.3 is 10.1 Å². The lowest BCUT2D eigenvalue weighted by Gasteiger charge is -2.24. The molecule has 1 N–H and O–H groups in total. The van der Waals surface area contributed by atoms with E-state index in [1.54, 1.807) is 19.2 Å². The number of carbonyl (C=O) groups is 1. The maximum Gasteiger partial charge on any atom is 0.258 e. The number of ether oxygens (including phenoxy) is 1. The molecular weight excluding hydrogens is 455 g/mol. The van der Waals surface area contributed by atoms with Gasteiger partial charge >= 0.3 is 0 Å². The minimum atomic E-state index is -1.14. The van der Waals surface area contributed by atoms with Gasteiger partial charge in [0.1, 0.15) is 11.6 Å². The Morgan fingerprint density at radius 2 is 1.67 bits per heavy atom. The van der Waals surface area contributed by atoms with E-state index in [9.17, 15) is 4.79 Å². The number of hydrogen-bond acceptors (Lipinski definition) is 3. The molecule has 5 rings (SSSR count). The Kier molecular flexibility index (Phi) is 5.57. The summed E-state index contributed by atoms with van der Waals surface area (Å²) in [5.74, 6) is 1.14. The maximum atomic E-state index is 13.5. The first-order valence-electron chi connectivity index (χ1n) is 10.5. The van der Waals surface area contributed by atoms with Crippen LogP contribution >= 0.6 is 23.2 Å². The Labute approximate surface area is 201 Å². The lowest BCUT2D eigenvalue weighted by Crippen LogP contribution is -2.39. The number of benzene rings is 4. The summed E-state index contributed by atoms with van der Waals surface area (Å²) in [5.41, 5.74) is 1.30. The number of amidine groups is 1. The van der Waals surface area contributed by atoms with Gasteiger partial charge in [0.2, 0.25) is 0 Å². The number of amides is 1. The monoisotopic (exact) mass is 474 g/mol. The van der Waals surface area contributed by atoms with Crippen molar-refractivity contribution < 1.29 is 9.53 Å². The van der Waals surface area contributed by atoms with Crippen LogP contribution in [0.15, 0.2) is 89.9 Å². The molecule has 1 unspecified atom stereocenters. The number of nitrogens with zero attached hydrogens (tertiary/aromatic N) is 1. The Morgan fingerprint density at radius 1 is 0.909 bits per heavy atom. The summed E-state index contributed by atoms with van der Waals surface area (Å²) in [5, 5.41) is 6.15. The Balaban J connectivity index is 1.61. The largest absolute Gasteiger partial charge is 0.497 e. The number of halogens is 2. The molecular formula is C27H20Cl2N2O2. The summed E-state index contributed by atoms with van der Waals surface area (Å²) in [4.78, 5) is 18.5. The summed E-state index contributed by atoms with van der Waals surface area (Å²) in [6, 6.07) is 26.7. The van der Waals surface area contributed by atoms with Gasteiger partial charge in [0, 0.05) is 22.0 Å². The zero-order chi connectivity index (χ0) is 23.0. The van der Waals surface area contributed by atoms with Crippen molar-refractivity contribution in [3.63, 3.8) is 0 Å². The molecule has 1 aliphatic heterocycles. The van der Waals surface area contributed by atoms with Crippen LogP contribution in [0, 0.1) is 0 Å². The minimum Gasteiger partial charge on any atom is -0.497 e. The first-order chi connectivity index (χ1) is 16.0. The van der Waals surface area contributed by atoms with E-state index >= 15 is 0 Å². The van der Waals surface area contributed by atoms with Crippen molar-refractivity contribution in [1.29, 1.82) is 0 Å². The molecule has 0 saturated carbocycles. The molecule has 6 heteroatoms. The van der Waals surface area contributed by atoms with Crippen LogP contribution in [0.1, 0.15) is 16.7 Å². The number of rotatable bonds is 5. The molecule has 4 aromatic rings. The van der Waals surface area contributed by atoms with Crippen molar-refractivity contribution in [1.82, 2.24) is 5.32 Å². The van der Waals surface area contributed by atoms with Gasteiger partial charge in [0.15, 0.2) is 5.54 Å². The van der Waals surface area contributed by atoms with Gasteiger partial charge in [-0.25, -0.2) is 4.99 Å². The third-order valence-electron chi connectivity index (χ3n) is 5.94.